The van der Waals surface area contributed by atoms with Crippen molar-refractivity contribution in [3.63, 3.8) is 0 Å². The molecule has 0 radical (unpaired) electrons. The molecule has 0 bridgehead atoms. The van der Waals surface area contributed by atoms with Gasteiger partial charge in [-0.2, -0.15) is 5.10 Å². The Morgan fingerprint density at radius 2 is 1.95 bits per heavy atom. The minimum atomic E-state index is 0.795. The molecule has 3 aromatic rings. The van der Waals surface area contributed by atoms with Crippen LogP contribution >= 0.6 is 12.2 Å². The molecule has 5 heteroatoms. The average molecular weight is 300 g/mol. The van der Waals surface area contributed by atoms with Crippen LogP contribution in [-0.2, 0) is 13.1 Å². The molecule has 0 spiro atoms. The molecule has 0 aliphatic rings. The maximum absolute atomic E-state index is 5.44. The Morgan fingerprint density at radius 1 is 1.14 bits per heavy atom. The van der Waals surface area contributed by atoms with Gasteiger partial charge >= 0.3 is 0 Å². The van der Waals surface area contributed by atoms with Gasteiger partial charge < -0.3 is 9.55 Å². The molecule has 0 saturated carbocycles. The molecule has 0 aliphatic carbocycles. The Kier molecular flexibility index (Phi) is 3.68. The number of aromatic nitrogens is 4. The van der Waals surface area contributed by atoms with Gasteiger partial charge in [0.25, 0.3) is 0 Å². The van der Waals surface area contributed by atoms with Gasteiger partial charge in [0.05, 0.1) is 16.7 Å². The van der Waals surface area contributed by atoms with Crippen LogP contribution in [0.4, 0.5) is 0 Å². The summed E-state index contributed by atoms with van der Waals surface area (Å²) < 4.78 is 5.05. The lowest BCUT2D eigenvalue weighted by Gasteiger charge is -2.07. The molecule has 110 valence electrons. The largest absolute Gasteiger partial charge is 0.331 e. The second-order valence-electron chi connectivity index (χ2n) is 5.61. The molecular weight excluding hydrogens is 280 g/mol. The molecule has 0 aliphatic heterocycles. The monoisotopic (exact) mass is 300 g/mol. The van der Waals surface area contributed by atoms with Crippen molar-refractivity contribution >= 4 is 23.3 Å². The fourth-order valence-corrected chi connectivity index (χ4v) is 3.06. The van der Waals surface area contributed by atoms with Crippen LogP contribution in [0.2, 0.25) is 0 Å². The summed E-state index contributed by atoms with van der Waals surface area (Å²) in [5.74, 6) is 0. The second-order valence-corrected chi connectivity index (χ2v) is 5.99. The third-order valence-electron chi connectivity index (χ3n) is 3.79. The van der Waals surface area contributed by atoms with Crippen LogP contribution in [0.15, 0.2) is 24.3 Å². The van der Waals surface area contributed by atoms with E-state index in [1.54, 1.807) is 0 Å². The number of H-pyrrole nitrogens is 1. The van der Waals surface area contributed by atoms with E-state index in [1.165, 1.54) is 16.8 Å². The van der Waals surface area contributed by atoms with Gasteiger partial charge in [-0.3, -0.25) is 4.68 Å². The van der Waals surface area contributed by atoms with Crippen molar-refractivity contribution in [2.24, 2.45) is 0 Å². The van der Waals surface area contributed by atoms with E-state index in [0.29, 0.717) is 0 Å². The van der Waals surface area contributed by atoms with Gasteiger partial charge in [-0.25, -0.2) is 0 Å². The van der Waals surface area contributed by atoms with Crippen molar-refractivity contribution in [2.75, 3.05) is 0 Å². The lowest BCUT2D eigenvalue weighted by molar-refractivity contribution is 0.519. The van der Waals surface area contributed by atoms with Crippen LogP contribution in [-0.4, -0.2) is 19.3 Å². The molecule has 0 fully saturated rings. The summed E-state index contributed by atoms with van der Waals surface area (Å²) in [6, 6.07) is 8.50. The quantitative estimate of drug-likeness (QED) is 0.742. The summed E-state index contributed by atoms with van der Waals surface area (Å²) in [7, 11) is 0. The van der Waals surface area contributed by atoms with Crippen LogP contribution in [0, 0.1) is 25.5 Å². The van der Waals surface area contributed by atoms with Gasteiger partial charge in [-0.05, 0) is 63.2 Å². The topological polar surface area (TPSA) is 38.5 Å². The van der Waals surface area contributed by atoms with Crippen LogP contribution in [0.3, 0.4) is 0 Å². The Labute approximate surface area is 129 Å². The summed E-state index contributed by atoms with van der Waals surface area (Å²) >= 11 is 5.44. The number of fused-ring (bicyclic) bond motifs is 1. The van der Waals surface area contributed by atoms with Crippen molar-refractivity contribution in [1.82, 2.24) is 19.3 Å². The summed E-state index contributed by atoms with van der Waals surface area (Å²) in [5.41, 5.74) is 5.84. The Morgan fingerprint density at radius 3 is 2.67 bits per heavy atom. The van der Waals surface area contributed by atoms with Crippen molar-refractivity contribution < 1.29 is 0 Å². The third kappa shape index (κ3) is 2.78. The number of benzene rings is 1. The molecular formula is C16H20N4S. The maximum atomic E-state index is 5.44. The van der Waals surface area contributed by atoms with Crippen LogP contribution in [0.1, 0.15) is 23.4 Å². The highest BCUT2D eigenvalue weighted by Crippen LogP contribution is 2.16. The summed E-state index contributed by atoms with van der Waals surface area (Å²) in [4.78, 5) is 3.27. The van der Waals surface area contributed by atoms with Crippen molar-refractivity contribution in [3.05, 3.63) is 46.0 Å². The zero-order valence-electron chi connectivity index (χ0n) is 12.7. The van der Waals surface area contributed by atoms with E-state index in [9.17, 15) is 0 Å². The number of nitrogens with zero attached hydrogens (tertiary/aromatic N) is 3. The smallest absolute Gasteiger partial charge is 0.178 e. The van der Waals surface area contributed by atoms with E-state index >= 15 is 0 Å². The fourth-order valence-electron chi connectivity index (χ4n) is 2.76. The zero-order valence-corrected chi connectivity index (χ0v) is 13.5. The molecule has 1 aromatic carbocycles. The minimum Gasteiger partial charge on any atom is -0.331 e. The normalized spacial score (nSPS) is 11.4. The number of aromatic amines is 1. The van der Waals surface area contributed by atoms with Crippen molar-refractivity contribution in [3.8, 4) is 0 Å². The summed E-state index contributed by atoms with van der Waals surface area (Å²) in [5, 5.41) is 4.50. The molecule has 1 N–H and O–H groups in total. The predicted octanol–water partition coefficient (Wildman–Crippen LogP) is 3.91. The minimum absolute atomic E-state index is 0.795. The first-order valence-electron chi connectivity index (χ1n) is 7.25. The number of imidazole rings is 1. The number of rotatable bonds is 4. The average Bonchev–Trinajstić information content (AvgIpc) is 2.90. The maximum Gasteiger partial charge on any atom is 0.178 e. The molecule has 21 heavy (non-hydrogen) atoms. The number of hydrogen-bond donors (Lipinski definition) is 1. The lowest BCUT2D eigenvalue weighted by atomic mass is 10.2. The number of nitrogens with one attached hydrogen (secondary N) is 1. The van der Waals surface area contributed by atoms with Gasteiger partial charge in [-0.15, -0.1) is 0 Å². The summed E-state index contributed by atoms with van der Waals surface area (Å²) in [6.45, 7) is 8.05. The van der Waals surface area contributed by atoms with Gasteiger partial charge in [0.1, 0.15) is 0 Å². The van der Waals surface area contributed by atoms with Crippen LogP contribution in [0.5, 0.6) is 0 Å². The standard InChI is InChI=1S/C16H20N4S/c1-11-5-6-14-15(9-11)19(16(21)17-14)7-4-8-20-13(3)10-12(2)18-20/h5-6,9-10H,4,7-8H2,1-3H3,(H,17,21). The van der Waals surface area contributed by atoms with Gasteiger partial charge in [-0.1, -0.05) is 6.07 Å². The second kappa shape index (κ2) is 5.48. The lowest BCUT2D eigenvalue weighted by Crippen LogP contribution is -2.07. The summed E-state index contributed by atoms with van der Waals surface area (Å²) in [6.07, 6.45) is 1.01. The first-order chi connectivity index (χ1) is 10.0. The fraction of sp³-hybridized carbons (Fsp3) is 0.375. The number of aryl methyl sites for hydroxylation is 5. The van der Waals surface area contributed by atoms with E-state index in [-0.39, 0.29) is 0 Å². The Bertz CT molecular complexity index is 838. The predicted molar refractivity (Wildman–Crippen MR) is 88.2 cm³/mol. The van der Waals surface area contributed by atoms with Crippen LogP contribution in [0.25, 0.3) is 11.0 Å². The number of hydrogen-bond acceptors (Lipinski definition) is 2. The highest BCUT2D eigenvalue weighted by atomic mass is 32.1. The zero-order chi connectivity index (χ0) is 15.0. The van der Waals surface area contributed by atoms with Gasteiger partial charge in [0.15, 0.2) is 4.77 Å². The van der Waals surface area contributed by atoms with E-state index in [0.717, 1.165) is 35.5 Å². The molecule has 2 heterocycles. The Hall–Kier alpha value is -1.88. The van der Waals surface area contributed by atoms with Gasteiger partial charge in [0.2, 0.25) is 0 Å². The molecule has 4 nitrogen and oxygen atoms in total. The van der Waals surface area contributed by atoms with Gasteiger partial charge in [0, 0.05) is 18.8 Å². The molecule has 0 atom stereocenters. The van der Waals surface area contributed by atoms with Crippen molar-refractivity contribution in [2.45, 2.75) is 40.3 Å². The first kappa shape index (κ1) is 14.1. The molecule has 2 aromatic heterocycles. The SMILES string of the molecule is Cc1ccc2[nH]c(=S)n(CCCn3nc(C)cc3C)c2c1. The molecule has 0 amide bonds. The van der Waals surface area contributed by atoms with Crippen LogP contribution < -0.4 is 0 Å². The first-order valence-corrected chi connectivity index (χ1v) is 7.65. The molecule has 0 saturated heterocycles. The van der Waals surface area contributed by atoms with Crippen molar-refractivity contribution in [1.29, 1.82) is 0 Å². The van der Waals surface area contributed by atoms with E-state index in [2.05, 4.69) is 57.4 Å². The highest BCUT2D eigenvalue weighted by Gasteiger charge is 2.05. The van der Waals surface area contributed by atoms with E-state index in [1.807, 2.05) is 6.92 Å². The molecule has 0 unspecified atom stereocenters. The molecule has 3 rings (SSSR count). The third-order valence-corrected chi connectivity index (χ3v) is 4.11. The van der Waals surface area contributed by atoms with E-state index < -0.39 is 0 Å². The highest BCUT2D eigenvalue weighted by molar-refractivity contribution is 7.71. The Balaban J connectivity index is 1.79. The van der Waals surface area contributed by atoms with E-state index in [4.69, 9.17) is 12.2 Å².